The number of carbonyl (C=O) groups is 1. The number of hydrogen-bond acceptors (Lipinski definition) is 4. The first-order valence-corrected chi connectivity index (χ1v) is 11.5. The van der Waals surface area contributed by atoms with Gasteiger partial charge in [-0.15, -0.1) is 0 Å². The van der Waals surface area contributed by atoms with Crippen LogP contribution in [-0.4, -0.2) is 27.5 Å². The molecular weight excluding hydrogens is 448 g/mol. The molecule has 0 spiro atoms. The molecule has 1 aromatic heterocycles. The van der Waals surface area contributed by atoms with E-state index in [0.717, 1.165) is 27.9 Å². The van der Waals surface area contributed by atoms with Crippen LogP contribution in [0.25, 0.3) is 39.3 Å². The van der Waals surface area contributed by atoms with Gasteiger partial charge in [-0.25, -0.2) is 9.48 Å². The van der Waals surface area contributed by atoms with E-state index < -0.39 is 5.97 Å². The Morgan fingerprint density at radius 1 is 0.806 bits per heavy atom. The first kappa shape index (κ1) is 24.5. The zero-order valence-corrected chi connectivity index (χ0v) is 19.3. The zero-order valence-electron chi connectivity index (χ0n) is 19.3. The van der Waals surface area contributed by atoms with E-state index in [0.29, 0.717) is 17.0 Å². The molecule has 0 aliphatic carbocycles. The third kappa shape index (κ3) is 4.64. The van der Waals surface area contributed by atoms with Gasteiger partial charge in [0.15, 0.2) is 0 Å². The average molecular weight is 477 g/mol. The van der Waals surface area contributed by atoms with E-state index in [1.807, 2.05) is 91.0 Å². The summed E-state index contributed by atoms with van der Waals surface area (Å²) in [5.41, 5.74) is 5.71. The summed E-state index contributed by atoms with van der Waals surface area (Å²) >= 11 is 0. The summed E-state index contributed by atoms with van der Waals surface area (Å²) in [4.78, 5) is 13.5. The highest BCUT2D eigenvalue weighted by Crippen LogP contribution is 2.39. The van der Waals surface area contributed by atoms with Crippen LogP contribution >= 0.6 is 0 Å². The van der Waals surface area contributed by atoms with Gasteiger partial charge in [-0.2, -0.15) is 5.10 Å². The highest BCUT2D eigenvalue weighted by atomic mass is 16.5. The fourth-order valence-corrected chi connectivity index (χ4v) is 4.24. The first-order chi connectivity index (χ1) is 17.2. The molecule has 0 aliphatic rings. The van der Waals surface area contributed by atoms with Gasteiger partial charge in [0.1, 0.15) is 17.0 Å². The van der Waals surface area contributed by atoms with Gasteiger partial charge in [-0.1, -0.05) is 92.4 Å². The van der Waals surface area contributed by atoms with Crippen molar-refractivity contribution < 1.29 is 14.6 Å². The van der Waals surface area contributed by atoms with Crippen molar-refractivity contribution in [3.63, 3.8) is 0 Å². The highest BCUT2D eigenvalue weighted by molar-refractivity contribution is 6.04. The Kier molecular flexibility index (Phi) is 7.31. The van der Waals surface area contributed by atoms with Crippen LogP contribution in [0.3, 0.4) is 0 Å². The second-order valence-corrected chi connectivity index (χ2v) is 8.00. The molecule has 0 fully saturated rings. The van der Waals surface area contributed by atoms with E-state index in [4.69, 9.17) is 9.84 Å². The van der Waals surface area contributed by atoms with Crippen molar-refractivity contribution in [2.45, 2.75) is 14.4 Å². The van der Waals surface area contributed by atoms with Crippen LogP contribution in [0.15, 0.2) is 109 Å². The van der Waals surface area contributed by atoms with Crippen molar-refractivity contribution >= 4 is 5.97 Å². The van der Waals surface area contributed by atoms with Crippen molar-refractivity contribution in [1.29, 1.82) is 0 Å². The Morgan fingerprint density at radius 2 is 1.42 bits per heavy atom. The molecule has 0 aliphatic heterocycles. The van der Waals surface area contributed by atoms with Crippen molar-refractivity contribution in [1.82, 2.24) is 9.78 Å². The van der Waals surface area contributed by atoms with Gasteiger partial charge in [0.25, 0.3) is 0 Å². The number of esters is 1. The first-order valence-electron chi connectivity index (χ1n) is 11.5. The Morgan fingerprint density at radius 3 is 2.08 bits per heavy atom. The Hall–Kier alpha value is -4.64. The topological polar surface area (TPSA) is 64.3 Å². The minimum atomic E-state index is -0.436. The largest absolute Gasteiger partial charge is 0.508 e. The molecule has 1 N–H and O–H groups in total. The quantitative estimate of drug-likeness (QED) is 0.260. The fourth-order valence-electron chi connectivity index (χ4n) is 4.24. The molecule has 5 rings (SSSR count). The lowest BCUT2D eigenvalue weighted by molar-refractivity contribution is 0.0528. The molecule has 180 valence electrons. The molecule has 0 unspecified atom stereocenters. The molecule has 0 amide bonds. The van der Waals surface area contributed by atoms with Crippen LogP contribution < -0.4 is 0 Å². The molecule has 0 bridgehead atoms. The smallest absolute Gasteiger partial charge is 0.342 e. The lowest BCUT2D eigenvalue weighted by Crippen LogP contribution is -2.08. The van der Waals surface area contributed by atoms with E-state index >= 15 is 0 Å². The van der Waals surface area contributed by atoms with Crippen molar-refractivity contribution in [3.05, 3.63) is 115 Å². The molecule has 4 aromatic carbocycles. The third-order valence-corrected chi connectivity index (χ3v) is 5.75. The molecule has 0 saturated carbocycles. The summed E-state index contributed by atoms with van der Waals surface area (Å²) in [6.07, 6.45) is 0. The molecular formula is C31H28N2O3. The number of phenolic OH excluding ortho intramolecular Hbond substituents is 1. The van der Waals surface area contributed by atoms with Gasteiger partial charge >= 0.3 is 5.97 Å². The number of nitrogens with zero attached hydrogens (tertiary/aromatic N) is 2. The van der Waals surface area contributed by atoms with Crippen LogP contribution in [0.5, 0.6) is 5.75 Å². The lowest BCUT2D eigenvalue weighted by atomic mass is 9.94. The van der Waals surface area contributed by atoms with Crippen LogP contribution in [0, 0.1) is 0 Å². The van der Waals surface area contributed by atoms with Gasteiger partial charge in [0.05, 0.1) is 18.0 Å². The molecule has 5 heteroatoms. The van der Waals surface area contributed by atoms with E-state index in [-0.39, 0.29) is 19.8 Å². The minimum Gasteiger partial charge on any atom is -0.508 e. The standard InChI is InChI=1S/C30H24N2O3.CH4/c1-2-35-30(34)27-28(26-19-10-9-18-25(26)22-14-11-17-24(33)20-22)31-32(23-15-7-4-8-16-23)29(27)21-12-5-3-6-13-21;/h3-20,33H,2H2,1H3;1H4. The summed E-state index contributed by atoms with van der Waals surface area (Å²) in [7, 11) is 0. The number of benzene rings is 4. The summed E-state index contributed by atoms with van der Waals surface area (Å²) < 4.78 is 7.34. The Balaban J connectivity index is 0.00000304. The van der Waals surface area contributed by atoms with E-state index in [1.54, 1.807) is 29.8 Å². The summed E-state index contributed by atoms with van der Waals surface area (Å²) in [5, 5.41) is 15.1. The monoisotopic (exact) mass is 476 g/mol. The number of hydrogen-bond donors (Lipinski definition) is 1. The number of rotatable bonds is 6. The van der Waals surface area contributed by atoms with Crippen molar-refractivity contribution in [3.8, 4) is 45.1 Å². The highest BCUT2D eigenvalue weighted by Gasteiger charge is 2.29. The molecule has 0 saturated heterocycles. The molecule has 5 nitrogen and oxygen atoms in total. The van der Waals surface area contributed by atoms with Gasteiger partial charge in [0, 0.05) is 11.1 Å². The maximum Gasteiger partial charge on any atom is 0.342 e. The molecule has 0 atom stereocenters. The Bertz CT molecular complexity index is 1470. The molecule has 1 heterocycles. The SMILES string of the molecule is C.CCOC(=O)c1c(-c2ccccc2-c2cccc(O)c2)nn(-c2ccccc2)c1-c1ccccc1. The number of aromatic hydroxyl groups is 1. The number of ether oxygens (including phenoxy) is 1. The minimum absolute atomic E-state index is 0. The summed E-state index contributed by atoms with van der Waals surface area (Å²) in [6, 6.07) is 34.3. The van der Waals surface area contributed by atoms with Crippen LogP contribution in [0.2, 0.25) is 0 Å². The third-order valence-electron chi connectivity index (χ3n) is 5.75. The second-order valence-electron chi connectivity index (χ2n) is 8.00. The number of phenols is 1. The number of para-hydroxylation sites is 1. The second kappa shape index (κ2) is 10.7. The van der Waals surface area contributed by atoms with E-state index in [2.05, 4.69) is 0 Å². The maximum atomic E-state index is 13.5. The molecule has 36 heavy (non-hydrogen) atoms. The van der Waals surface area contributed by atoms with Gasteiger partial charge in [-0.3, -0.25) is 0 Å². The lowest BCUT2D eigenvalue weighted by Gasteiger charge is -2.11. The van der Waals surface area contributed by atoms with Crippen LogP contribution in [0.4, 0.5) is 0 Å². The molecule has 0 radical (unpaired) electrons. The van der Waals surface area contributed by atoms with Gasteiger partial charge in [-0.05, 0) is 42.3 Å². The van der Waals surface area contributed by atoms with Gasteiger partial charge < -0.3 is 9.84 Å². The van der Waals surface area contributed by atoms with E-state index in [9.17, 15) is 9.90 Å². The van der Waals surface area contributed by atoms with Crippen LogP contribution in [-0.2, 0) is 4.74 Å². The van der Waals surface area contributed by atoms with Gasteiger partial charge in [0.2, 0.25) is 0 Å². The zero-order chi connectivity index (χ0) is 24.2. The van der Waals surface area contributed by atoms with Crippen molar-refractivity contribution in [2.75, 3.05) is 6.61 Å². The molecule has 5 aromatic rings. The Labute approximate surface area is 211 Å². The van der Waals surface area contributed by atoms with Crippen molar-refractivity contribution in [2.24, 2.45) is 0 Å². The summed E-state index contributed by atoms with van der Waals surface area (Å²) in [5.74, 6) is -0.267. The summed E-state index contributed by atoms with van der Waals surface area (Å²) in [6.45, 7) is 2.04. The normalized spacial score (nSPS) is 10.5. The predicted octanol–water partition coefficient (Wildman–Crippen LogP) is 7.39. The number of aromatic nitrogens is 2. The predicted molar refractivity (Wildman–Crippen MR) is 144 cm³/mol. The van der Waals surface area contributed by atoms with E-state index in [1.165, 1.54) is 0 Å². The maximum absolute atomic E-state index is 13.5. The average Bonchev–Trinajstić information content (AvgIpc) is 3.31. The van der Waals surface area contributed by atoms with Crippen LogP contribution in [0.1, 0.15) is 24.7 Å². The number of carbonyl (C=O) groups excluding carboxylic acids is 1. The fraction of sp³-hybridized carbons (Fsp3) is 0.0968.